The van der Waals surface area contributed by atoms with Crippen LogP contribution < -0.4 is 0 Å². The molecular weight excluding hydrogens is 260 g/mol. The molecule has 6 heteroatoms. The molecule has 1 aromatic heterocycles. The lowest BCUT2D eigenvalue weighted by molar-refractivity contribution is 0.0690. The number of rotatable bonds is 3. The summed E-state index contributed by atoms with van der Waals surface area (Å²) in [5.41, 5.74) is 0.350. The lowest BCUT2D eigenvalue weighted by atomic mass is 10.2. The Kier molecular flexibility index (Phi) is 3.38. The Bertz CT molecular complexity index is 610. The number of hydrogen-bond acceptors (Lipinski definition) is 3. The van der Waals surface area contributed by atoms with Crippen LogP contribution in [-0.4, -0.2) is 16.1 Å². The van der Waals surface area contributed by atoms with E-state index in [1.165, 1.54) is 17.4 Å². The largest absolute Gasteiger partial charge is 0.476 e. The summed E-state index contributed by atoms with van der Waals surface area (Å²) in [5.74, 6) is -3.03. The second-order valence-electron chi connectivity index (χ2n) is 3.58. The van der Waals surface area contributed by atoms with Gasteiger partial charge in [-0.1, -0.05) is 6.92 Å². The van der Waals surface area contributed by atoms with E-state index in [1.807, 2.05) is 6.92 Å². The molecule has 0 aliphatic heterocycles. The van der Waals surface area contributed by atoms with Crippen LogP contribution in [0.25, 0.3) is 10.6 Å². The minimum atomic E-state index is -1.11. The number of carboxylic acids is 1. The van der Waals surface area contributed by atoms with E-state index < -0.39 is 17.6 Å². The van der Waals surface area contributed by atoms with Crippen LogP contribution in [0.5, 0.6) is 0 Å². The highest BCUT2D eigenvalue weighted by molar-refractivity contribution is 7.15. The minimum absolute atomic E-state index is 0.0257. The zero-order valence-electron chi connectivity index (χ0n) is 9.41. The summed E-state index contributed by atoms with van der Waals surface area (Å²) < 4.78 is 25.9. The minimum Gasteiger partial charge on any atom is -0.476 e. The van der Waals surface area contributed by atoms with Crippen LogP contribution >= 0.6 is 11.3 Å². The summed E-state index contributed by atoms with van der Waals surface area (Å²) >= 11 is 1.17. The predicted molar refractivity (Wildman–Crippen MR) is 63.8 cm³/mol. The van der Waals surface area contributed by atoms with Gasteiger partial charge in [0, 0.05) is 10.4 Å². The second-order valence-corrected chi connectivity index (χ2v) is 4.66. The molecule has 2 rings (SSSR count). The van der Waals surface area contributed by atoms with E-state index in [1.54, 1.807) is 0 Å². The number of aryl methyl sites for hydroxylation is 1. The number of aromatic carboxylic acids is 1. The van der Waals surface area contributed by atoms with Crippen LogP contribution in [0.2, 0.25) is 0 Å². The predicted octanol–water partition coefficient (Wildman–Crippen LogP) is 3.35. The van der Waals surface area contributed by atoms with E-state index in [2.05, 4.69) is 4.98 Å². The topological polar surface area (TPSA) is 50.2 Å². The smallest absolute Gasteiger partial charge is 0.355 e. The Labute approximate surface area is 106 Å². The van der Waals surface area contributed by atoms with E-state index in [0.29, 0.717) is 21.9 Å². The van der Waals surface area contributed by atoms with E-state index >= 15 is 0 Å². The number of aromatic nitrogens is 1. The highest BCUT2D eigenvalue weighted by atomic mass is 32.1. The number of benzene rings is 1. The summed E-state index contributed by atoms with van der Waals surface area (Å²) in [6.45, 7) is 1.81. The first-order valence-electron chi connectivity index (χ1n) is 5.21. The van der Waals surface area contributed by atoms with E-state index in [-0.39, 0.29) is 5.69 Å². The molecule has 0 saturated heterocycles. The van der Waals surface area contributed by atoms with Crippen molar-refractivity contribution in [2.75, 3.05) is 0 Å². The molecule has 1 aromatic carbocycles. The maximum absolute atomic E-state index is 13.1. The fraction of sp³-hybridized carbons (Fsp3) is 0.167. The molecule has 1 N–H and O–H groups in total. The Morgan fingerprint density at radius 3 is 2.61 bits per heavy atom. The molecule has 0 aliphatic rings. The van der Waals surface area contributed by atoms with Gasteiger partial charge in [0.15, 0.2) is 17.3 Å². The van der Waals surface area contributed by atoms with Crippen molar-refractivity contribution < 1.29 is 18.7 Å². The lowest BCUT2D eigenvalue weighted by Gasteiger charge is -1.96. The van der Waals surface area contributed by atoms with Gasteiger partial charge in [-0.25, -0.2) is 18.6 Å². The fourth-order valence-corrected chi connectivity index (χ4v) is 2.50. The van der Waals surface area contributed by atoms with E-state index in [4.69, 9.17) is 5.11 Å². The molecule has 1 heterocycles. The molecule has 18 heavy (non-hydrogen) atoms. The van der Waals surface area contributed by atoms with E-state index in [9.17, 15) is 13.6 Å². The average Bonchev–Trinajstić information content (AvgIpc) is 2.77. The maximum Gasteiger partial charge on any atom is 0.355 e. The molecule has 0 atom stereocenters. The summed E-state index contributed by atoms with van der Waals surface area (Å²) in [7, 11) is 0. The van der Waals surface area contributed by atoms with Gasteiger partial charge in [0.1, 0.15) is 5.01 Å². The standard InChI is InChI=1S/C12H9F2NO2S/c1-2-9-10(12(16)17)15-11(18-9)6-3-4-7(13)8(14)5-6/h3-5H,2H2,1H3,(H,16,17). The molecule has 0 fully saturated rings. The van der Waals surface area contributed by atoms with Crippen LogP contribution in [0.3, 0.4) is 0 Å². The summed E-state index contributed by atoms with van der Waals surface area (Å²) in [5, 5.41) is 9.34. The van der Waals surface area contributed by atoms with Crippen LogP contribution in [0.1, 0.15) is 22.3 Å². The molecule has 0 saturated carbocycles. The van der Waals surface area contributed by atoms with Gasteiger partial charge in [0.05, 0.1) is 0 Å². The molecule has 0 unspecified atom stereocenters. The number of nitrogens with zero attached hydrogens (tertiary/aromatic N) is 1. The SMILES string of the molecule is CCc1sc(-c2ccc(F)c(F)c2)nc1C(=O)O. The second kappa shape index (κ2) is 4.81. The average molecular weight is 269 g/mol. The van der Waals surface area contributed by atoms with Crippen LogP contribution in [0.4, 0.5) is 8.78 Å². The number of hydrogen-bond donors (Lipinski definition) is 1. The zero-order valence-corrected chi connectivity index (χ0v) is 10.2. The van der Waals surface area contributed by atoms with Gasteiger partial charge < -0.3 is 5.11 Å². The molecule has 0 amide bonds. The molecule has 2 aromatic rings. The van der Waals surface area contributed by atoms with Crippen LogP contribution in [0, 0.1) is 11.6 Å². The molecule has 0 bridgehead atoms. The third-order valence-electron chi connectivity index (χ3n) is 2.39. The Hall–Kier alpha value is -1.82. The first kappa shape index (κ1) is 12.6. The highest BCUT2D eigenvalue weighted by Gasteiger charge is 2.17. The third-order valence-corrected chi connectivity index (χ3v) is 3.64. The first-order valence-corrected chi connectivity index (χ1v) is 6.03. The van der Waals surface area contributed by atoms with Crippen molar-refractivity contribution in [3.8, 4) is 10.6 Å². The quantitative estimate of drug-likeness (QED) is 0.929. The summed E-state index contributed by atoms with van der Waals surface area (Å²) in [6, 6.07) is 3.39. The van der Waals surface area contributed by atoms with Crippen molar-refractivity contribution in [2.24, 2.45) is 0 Å². The van der Waals surface area contributed by atoms with Gasteiger partial charge in [0.25, 0.3) is 0 Å². The van der Waals surface area contributed by atoms with Crippen LogP contribution in [-0.2, 0) is 6.42 Å². The Morgan fingerprint density at radius 2 is 2.11 bits per heavy atom. The van der Waals surface area contributed by atoms with Gasteiger partial charge in [-0.05, 0) is 24.6 Å². The number of carboxylic acid groups (broad SMARTS) is 1. The summed E-state index contributed by atoms with van der Waals surface area (Å²) in [4.78, 5) is 15.5. The molecule has 0 aliphatic carbocycles. The monoisotopic (exact) mass is 269 g/mol. The van der Waals surface area contributed by atoms with Gasteiger partial charge in [-0.15, -0.1) is 11.3 Å². The first-order chi connectivity index (χ1) is 8.52. The van der Waals surface area contributed by atoms with Gasteiger partial charge >= 0.3 is 5.97 Å². The summed E-state index contributed by atoms with van der Waals surface area (Å²) in [6.07, 6.45) is 0.531. The maximum atomic E-state index is 13.1. The third kappa shape index (κ3) is 2.24. The van der Waals surface area contributed by atoms with E-state index in [0.717, 1.165) is 12.1 Å². The molecule has 3 nitrogen and oxygen atoms in total. The van der Waals surface area contributed by atoms with Gasteiger partial charge in [0.2, 0.25) is 0 Å². The normalized spacial score (nSPS) is 10.6. The van der Waals surface area contributed by atoms with Crippen molar-refractivity contribution in [1.82, 2.24) is 4.98 Å². The van der Waals surface area contributed by atoms with Crippen molar-refractivity contribution in [1.29, 1.82) is 0 Å². The Balaban J connectivity index is 2.50. The lowest BCUT2D eigenvalue weighted by Crippen LogP contribution is -2.00. The zero-order chi connectivity index (χ0) is 13.3. The highest BCUT2D eigenvalue weighted by Crippen LogP contribution is 2.29. The van der Waals surface area contributed by atoms with Crippen molar-refractivity contribution in [2.45, 2.75) is 13.3 Å². The molecule has 0 spiro atoms. The van der Waals surface area contributed by atoms with Crippen LogP contribution in [0.15, 0.2) is 18.2 Å². The number of carbonyl (C=O) groups is 1. The van der Waals surface area contributed by atoms with Crippen molar-refractivity contribution in [3.63, 3.8) is 0 Å². The number of thiazole rings is 1. The molecule has 94 valence electrons. The van der Waals surface area contributed by atoms with Crippen molar-refractivity contribution in [3.05, 3.63) is 40.4 Å². The van der Waals surface area contributed by atoms with Gasteiger partial charge in [-0.3, -0.25) is 0 Å². The molecule has 0 radical (unpaired) electrons. The fourth-order valence-electron chi connectivity index (χ4n) is 1.51. The van der Waals surface area contributed by atoms with Gasteiger partial charge in [-0.2, -0.15) is 0 Å². The Morgan fingerprint density at radius 1 is 1.39 bits per heavy atom. The number of halogens is 2. The molecular formula is C12H9F2NO2S. The van der Waals surface area contributed by atoms with Crippen molar-refractivity contribution >= 4 is 17.3 Å².